The first kappa shape index (κ1) is 8.65. The molecule has 1 aromatic rings. The summed E-state index contributed by atoms with van der Waals surface area (Å²) < 4.78 is 0. The molecule has 0 saturated heterocycles. The van der Waals surface area contributed by atoms with Crippen molar-refractivity contribution in [2.75, 3.05) is 0 Å². The fraction of sp³-hybridized carbons (Fsp3) is 0.200. The van der Waals surface area contributed by atoms with Gasteiger partial charge in [0.05, 0.1) is 0 Å². The highest BCUT2D eigenvalue weighted by Gasteiger charge is 2.05. The number of hydrogen-bond donors (Lipinski definition) is 2. The molecule has 0 aliphatic heterocycles. The molecule has 1 aromatic carbocycles. The molecule has 0 bridgehead atoms. The molecule has 0 atom stereocenters. The van der Waals surface area contributed by atoms with E-state index >= 15 is 0 Å². The molecule has 2 nitrogen and oxygen atoms in total. The van der Waals surface area contributed by atoms with Crippen LogP contribution in [0.4, 0.5) is 0 Å². The van der Waals surface area contributed by atoms with Crippen molar-refractivity contribution in [1.82, 2.24) is 0 Å². The highest BCUT2D eigenvalue weighted by atomic mass is 16.3. The second-order valence-electron chi connectivity index (χ2n) is 2.91. The Kier molecular flexibility index (Phi) is 2.38. The lowest BCUT2D eigenvalue weighted by molar-refractivity contribution is 0.440. The van der Waals surface area contributed by atoms with Crippen LogP contribution in [-0.2, 0) is 6.42 Å². The maximum atomic E-state index is 9.34. The average Bonchev–Trinajstić information content (AvgIpc) is 1.97. The third-order valence-corrected chi connectivity index (χ3v) is 1.61. The van der Waals surface area contributed by atoms with Crippen LogP contribution >= 0.6 is 0 Å². The van der Waals surface area contributed by atoms with Crippen LogP contribution in [0, 0.1) is 0 Å². The number of hydrogen-bond acceptors (Lipinski definition) is 2. The summed E-state index contributed by atoms with van der Waals surface area (Å²) in [5, 5.41) is 18.7. The molecule has 0 radical (unpaired) electrons. The summed E-state index contributed by atoms with van der Waals surface area (Å²) >= 11 is 0. The van der Waals surface area contributed by atoms with Gasteiger partial charge in [-0.05, 0) is 19.1 Å². The highest BCUT2D eigenvalue weighted by molar-refractivity contribution is 5.44. The van der Waals surface area contributed by atoms with Crippen molar-refractivity contribution in [1.29, 1.82) is 0 Å². The molecule has 64 valence electrons. The summed E-state index contributed by atoms with van der Waals surface area (Å²) in [6.45, 7) is 5.56. The summed E-state index contributed by atoms with van der Waals surface area (Å²) in [5.74, 6) is 0.246. The molecule has 0 heterocycles. The third kappa shape index (κ3) is 1.78. The number of aromatic hydroxyl groups is 2. The van der Waals surface area contributed by atoms with Crippen molar-refractivity contribution in [3.05, 3.63) is 35.9 Å². The van der Waals surface area contributed by atoms with Crippen LogP contribution in [-0.4, -0.2) is 10.2 Å². The summed E-state index contributed by atoms with van der Waals surface area (Å²) in [6.07, 6.45) is 0.512. The molecule has 0 spiro atoms. The van der Waals surface area contributed by atoms with E-state index in [1.165, 1.54) is 0 Å². The quantitative estimate of drug-likeness (QED) is 0.658. The van der Waals surface area contributed by atoms with Crippen LogP contribution in [0.1, 0.15) is 12.5 Å². The first-order valence-corrected chi connectivity index (χ1v) is 3.75. The van der Waals surface area contributed by atoms with E-state index < -0.39 is 0 Å². The molecule has 0 aliphatic carbocycles. The van der Waals surface area contributed by atoms with Crippen molar-refractivity contribution < 1.29 is 10.2 Å². The highest BCUT2D eigenvalue weighted by Crippen LogP contribution is 2.27. The van der Waals surface area contributed by atoms with Gasteiger partial charge in [0.15, 0.2) is 0 Å². The molecule has 0 fully saturated rings. The van der Waals surface area contributed by atoms with Crippen molar-refractivity contribution in [3.63, 3.8) is 0 Å². The Bertz CT molecular complexity index is 282. The number of phenolic OH excluding ortho intramolecular Hbond substituents is 2. The number of allylic oxidation sites excluding steroid dienone is 1. The van der Waals surface area contributed by atoms with Crippen LogP contribution in [0.3, 0.4) is 0 Å². The van der Waals surface area contributed by atoms with Crippen LogP contribution in [0.25, 0.3) is 0 Å². The zero-order valence-electron chi connectivity index (χ0n) is 7.04. The summed E-state index contributed by atoms with van der Waals surface area (Å²) in [4.78, 5) is 0. The average molecular weight is 164 g/mol. The minimum atomic E-state index is 0.123. The van der Waals surface area contributed by atoms with E-state index in [2.05, 4.69) is 6.58 Å². The van der Waals surface area contributed by atoms with Crippen molar-refractivity contribution in [2.24, 2.45) is 0 Å². The largest absolute Gasteiger partial charge is 0.508 e. The van der Waals surface area contributed by atoms with E-state index in [4.69, 9.17) is 0 Å². The van der Waals surface area contributed by atoms with Gasteiger partial charge in [-0.1, -0.05) is 18.2 Å². The molecule has 0 aliphatic rings. The SMILES string of the molecule is C=C(C)Cc1c(O)cccc1O. The van der Waals surface area contributed by atoms with Gasteiger partial charge in [-0.15, -0.1) is 0 Å². The van der Waals surface area contributed by atoms with E-state index in [0.717, 1.165) is 5.57 Å². The molecule has 0 unspecified atom stereocenters. The standard InChI is InChI=1S/C10H12O2/c1-7(2)6-8-9(11)4-3-5-10(8)12/h3-5,11-12H,1,6H2,2H3. The smallest absolute Gasteiger partial charge is 0.122 e. The van der Waals surface area contributed by atoms with Crippen LogP contribution < -0.4 is 0 Å². The van der Waals surface area contributed by atoms with E-state index in [0.29, 0.717) is 12.0 Å². The van der Waals surface area contributed by atoms with Gasteiger partial charge in [0.25, 0.3) is 0 Å². The lowest BCUT2D eigenvalue weighted by atomic mass is 10.1. The van der Waals surface area contributed by atoms with E-state index in [1.807, 2.05) is 6.92 Å². The minimum Gasteiger partial charge on any atom is -0.508 e. The molecule has 1 rings (SSSR count). The number of phenols is 2. The summed E-state index contributed by atoms with van der Waals surface area (Å²) in [7, 11) is 0. The second kappa shape index (κ2) is 3.30. The van der Waals surface area contributed by atoms with E-state index in [-0.39, 0.29) is 11.5 Å². The zero-order chi connectivity index (χ0) is 9.14. The van der Waals surface area contributed by atoms with E-state index in [1.54, 1.807) is 18.2 Å². The molecule has 12 heavy (non-hydrogen) atoms. The molecular formula is C10H12O2. The monoisotopic (exact) mass is 164 g/mol. The first-order chi connectivity index (χ1) is 5.61. The Balaban J connectivity index is 3.04. The summed E-state index contributed by atoms with van der Waals surface area (Å²) in [5.41, 5.74) is 1.46. The van der Waals surface area contributed by atoms with Crippen LogP contribution in [0.5, 0.6) is 11.5 Å². The lowest BCUT2D eigenvalue weighted by Crippen LogP contribution is -1.87. The van der Waals surface area contributed by atoms with Gasteiger partial charge in [0, 0.05) is 12.0 Å². The predicted molar refractivity (Wildman–Crippen MR) is 48.3 cm³/mol. The molecule has 2 N–H and O–H groups in total. The van der Waals surface area contributed by atoms with Gasteiger partial charge >= 0.3 is 0 Å². The predicted octanol–water partition coefficient (Wildman–Crippen LogP) is 2.22. The van der Waals surface area contributed by atoms with Crippen molar-refractivity contribution in [2.45, 2.75) is 13.3 Å². The molecule has 2 heteroatoms. The minimum absolute atomic E-state index is 0.123. The summed E-state index contributed by atoms with van der Waals surface area (Å²) in [6, 6.07) is 4.71. The van der Waals surface area contributed by atoms with Crippen LogP contribution in [0.15, 0.2) is 30.4 Å². The normalized spacial score (nSPS) is 9.75. The Morgan fingerprint density at radius 2 is 1.83 bits per heavy atom. The molecule has 0 aromatic heterocycles. The van der Waals surface area contributed by atoms with Gasteiger partial charge in [0.2, 0.25) is 0 Å². The van der Waals surface area contributed by atoms with E-state index in [9.17, 15) is 10.2 Å². The molecular weight excluding hydrogens is 152 g/mol. The van der Waals surface area contributed by atoms with Crippen molar-refractivity contribution >= 4 is 0 Å². The third-order valence-electron chi connectivity index (χ3n) is 1.61. The van der Waals surface area contributed by atoms with Crippen LogP contribution in [0.2, 0.25) is 0 Å². The fourth-order valence-electron chi connectivity index (χ4n) is 1.05. The molecule has 0 amide bonds. The topological polar surface area (TPSA) is 40.5 Å². The fourth-order valence-corrected chi connectivity index (χ4v) is 1.05. The Morgan fingerprint density at radius 1 is 1.33 bits per heavy atom. The van der Waals surface area contributed by atoms with Gasteiger partial charge in [0.1, 0.15) is 11.5 Å². The Hall–Kier alpha value is -1.44. The first-order valence-electron chi connectivity index (χ1n) is 3.75. The maximum absolute atomic E-state index is 9.34. The second-order valence-corrected chi connectivity index (χ2v) is 2.91. The van der Waals surface area contributed by atoms with Gasteiger partial charge < -0.3 is 10.2 Å². The maximum Gasteiger partial charge on any atom is 0.122 e. The Labute approximate surface area is 71.8 Å². The lowest BCUT2D eigenvalue weighted by Gasteiger charge is -2.05. The zero-order valence-corrected chi connectivity index (χ0v) is 7.04. The van der Waals surface area contributed by atoms with Gasteiger partial charge in [-0.2, -0.15) is 0 Å². The number of benzene rings is 1. The van der Waals surface area contributed by atoms with Gasteiger partial charge in [-0.3, -0.25) is 0 Å². The van der Waals surface area contributed by atoms with Gasteiger partial charge in [-0.25, -0.2) is 0 Å². The number of rotatable bonds is 2. The Morgan fingerprint density at radius 3 is 2.25 bits per heavy atom. The molecule has 0 saturated carbocycles. The van der Waals surface area contributed by atoms with Crippen molar-refractivity contribution in [3.8, 4) is 11.5 Å².